The smallest absolute Gasteiger partial charge is 0.292 e. The van der Waals surface area contributed by atoms with Crippen molar-refractivity contribution in [2.24, 2.45) is 10.7 Å². The molecular weight excluding hydrogens is 216 g/mol. The molecule has 17 heavy (non-hydrogen) atoms. The van der Waals surface area contributed by atoms with E-state index in [0.717, 1.165) is 0 Å². The van der Waals surface area contributed by atoms with Crippen molar-refractivity contribution in [1.29, 1.82) is 0 Å². The van der Waals surface area contributed by atoms with Crippen molar-refractivity contribution in [2.75, 3.05) is 0 Å². The van der Waals surface area contributed by atoms with Crippen molar-refractivity contribution < 1.29 is 9.84 Å². The maximum atomic E-state index is 9.12. The molecule has 0 amide bonds. The number of phenols is 1. The lowest BCUT2D eigenvalue weighted by Crippen LogP contribution is -2.18. The van der Waals surface area contributed by atoms with Gasteiger partial charge in [-0.1, -0.05) is 18.2 Å². The van der Waals surface area contributed by atoms with Gasteiger partial charge in [0.25, 0.3) is 6.02 Å². The molecule has 0 unspecified atom stereocenters. The minimum Gasteiger partial charge on any atom is -0.508 e. The van der Waals surface area contributed by atoms with Gasteiger partial charge in [-0.25, -0.2) is 0 Å². The van der Waals surface area contributed by atoms with Gasteiger partial charge < -0.3 is 15.6 Å². The lowest BCUT2D eigenvalue weighted by atomic mass is 10.3. The molecule has 0 saturated heterocycles. The summed E-state index contributed by atoms with van der Waals surface area (Å²) in [7, 11) is 0. The fraction of sp³-hybridized carbons (Fsp3) is 0. The summed E-state index contributed by atoms with van der Waals surface area (Å²) in [6, 6.07) is 15.6. The number of ether oxygens (including phenoxy) is 1. The molecule has 2 aromatic carbocycles. The summed E-state index contributed by atoms with van der Waals surface area (Å²) < 4.78 is 5.31. The largest absolute Gasteiger partial charge is 0.508 e. The zero-order valence-electron chi connectivity index (χ0n) is 9.08. The van der Waals surface area contributed by atoms with E-state index in [9.17, 15) is 0 Å². The minimum absolute atomic E-state index is 0.0573. The van der Waals surface area contributed by atoms with Crippen molar-refractivity contribution >= 4 is 11.7 Å². The Morgan fingerprint density at radius 3 is 2.29 bits per heavy atom. The number of amidine groups is 1. The van der Waals surface area contributed by atoms with E-state index in [1.807, 2.05) is 18.2 Å². The lowest BCUT2D eigenvalue weighted by molar-refractivity contribution is 0.475. The van der Waals surface area contributed by atoms with Crippen LogP contribution in [-0.2, 0) is 0 Å². The highest BCUT2D eigenvalue weighted by Crippen LogP contribution is 2.17. The molecule has 0 aliphatic rings. The third-order valence-electron chi connectivity index (χ3n) is 2.05. The van der Waals surface area contributed by atoms with Crippen LogP contribution in [0, 0.1) is 0 Å². The van der Waals surface area contributed by atoms with Crippen LogP contribution in [0.1, 0.15) is 0 Å². The first-order valence-electron chi connectivity index (χ1n) is 5.10. The predicted molar refractivity (Wildman–Crippen MR) is 66.5 cm³/mol. The topological polar surface area (TPSA) is 67.8 Å². The van der Waals surface area contributed by atoms with E-state index < -0.39 is 0 Å². The SMILES string of the molecule is NC(=Nc1ccc(O)cc1)Oc1ccccc1. The van der Waals surface area contributed by atoms with Crippen LogP contribution in [0.3, 0.4) is 0 Å². The zero-order valence-corrected chi connectivity index (χ0v) is 9.08. The second-order valence-corrected chi connectivity index (χ2v) is 3.38. The highest BCUT2D eigenvalue weighted by atomic mass is 16.5. The van der Waals surface area contributed by atoms with Gasteiger partial charge in [-0.2, -0.15) is 4.99 Å². The third kappa shape index (κ3) is 3.24. The minimum atomic E-state index is 0.0573. The number of aromatic hydroxyl groups is 1. The summed E-state index contributed by atoms with van der Waals surface area (Å²) in [5, 5.41) is 9.12. The molecule has 0 fully saturated rings. The summed E-state index contributed by atoms with van der Waals surface area (Å²) >= 11 is 0. The van der Waals surface area contributed by atoms with E-state index >= 15 is 0 Å². The summed E-state index contributed by atoms with van der Waals surface area (Å²) in [5.74, 6) is 0.819. The first-order chi connectivity index (χ1) is 8.24. The van der Waals surface area contributed by atoms with Crippen LogP contribution < -0.4 is 10.5 Å². The molecule has 0 aliphatic heterocycles. The zero-order chi connectivity index (χ0) is 12.1. The molecule has 2 rings (SSSR count). The Morgan fingerprint density at radius 2 is 1.65 bits per heavy atom. The molecule has 4 nitrogen and oxygen atoms in total. The Bertz CT molecular complexity index is 507. The van der Waals surface area contributed by atoms with Gasteiger partial charge in [0.15, 0.2) is 0 Å². The van der Waals surface area contributed by atoms with Gasteiger partial charge in [0.05, 0.1) is 5.69 Å². The summed E-state index contributed by atoms with van der Waals surface area (Å²) in [6.45, 7) is 0. The number of phenolic OH excluding ortho intramolecular Hbond substituents is 1. The molecule has 86 valence electrons. The van der Waals surface area contributed by atoms with Crippen LogP contribution in [0.5, 0.6) is 11.5 Å². The van der Waals surface area contributed by atoms with Crippen molar-refractivity contribution in [3.05, 3.63) is 54.6 Å². The highest BCUT2D eigenvalue weighted by Gasteiger charge is 1.97. The molecule has 0 atom stereocenters. The van der Waals surface area contributed by atoms with Crippen LogP contribution in [0.4, 0.5) is 5.69 Å². The predicted octanol–water partition coefficient (Wildman–Crippen LogP) is 2.42. The second kappa shape index (κ2) is 5.03. The van der Waals surface area contributed by atoms with Crippen molar-refractivity contribution in [1.82, 2.24) is 0 Å². The molecule has 0 heterocycles. The third-order valence-corrected chi connectivity index (χ3v) is 2.05. The van der Waals surface area contributed by atoms with E-state index in [4.69, 9.17) is 15.6 Å². The summed E-state index contributed by atoms with van der Waals surface area (Å²) in [6.07, 6.45) is 0. The first-order valence-corrected chi connectivity index (χ1v) is 5.10. The Morgan fingerprint density at radius 1 is 1.00 bits per heavy atom. The maximum Gasteiger partial charge on any atom is 0.292 e. The van der Waals surface area contributed by atoms with Crippen molar-refractivity contribution in [2.45, 2.75) is 0 Å². The van der Waals surface area contributed by atoms with E-state index in [1.165, 1.54) is 12.1 Å². The van der Waals surface area contributed by atoms with E-state index in [1.54, 1.807) is 24.3 Å². The Kier molecular flexibility index (Phi) is 3.25. The molecular formula is C13H12N2O2. The van der Waals surface area contributed by atoms with Crippen LogP contribution in [0.25, 0.3) is 0 Å². The molecule has 3 N–H and O–H groups in total. The molecule has 0 radical (unpaired) electrons. The number of para-hydroxylation sites is 1. The van der Waals surface area contributed by atoms with Gasteiger partial charge in [0, 0.05) is 0 Å². The van der Waals surface area contributed by atoms with Crippen LogP contribution in [0.2, 0.25) is 0 Å². The number of nitrogens with two attached hydrogens (primary N) is 1. The number of aliphatic imine (C=N–C) groups is 1. The van der Waals surface area contributed by atoms with E-state index in [2.05, 4.69) is 4.99 Å². The summed E-state index contributed by atoms with van der Waals surface area (Å²) in [5.41, 5.74) is 6.26. The lowest BCUT2D eigenvalue weighted by Gasteiger charge is -2.03. The first kappa shape index (κ1) is 11.0. The summed E-state index contributed by atoms with van der Waals surface area (Å²) in [4.78, 5) is 4.06. The van der Waals surface area contributed by atoms with Crippen LogP contribution in [-0.4, -0.2) is 11.1 Å². The second-order valence-electron chi connectivity index (χ2n) is 3.38. The fourth-order valence-corrected chi connectivity index (χ4v) is 1.29. The number of rotatable bonds is 2. The normalized spacial score (nSPS) is 11.2. The molecule has 0 aliphatic carbocycles. The van der Waals surface area contributed by atoms with Gasteiger partial charge in [-0.3, -0.25) is 0 Å². The average Bonchev–Trinajstić information content (AvgIpc) is 2.33. The molecule has 0 aromatic heterocycles. The Labute approximate surface area is 99.0 Å². The molecule has 4 heteroatoms. The number of hydrogen-bond acceptors (Lipinski definition) is 3. The van der Waals surface area contributed by atoms with Gasteiger partial charge >= 0.3 is 0 Å². The fourth-order valence-electron chi connectivity index (χ4n) is 1.29. The van der Waals surface area contributed by atoms with Gasteiger partial charge in [-0.05, 0) is 36.4 Å². The number of hydrogen-bond donors (Lipinski definition) is 2. The number of benzene rings is 2. The average molecular weight is 228 g/mol. The van der Waals surface area contributed by atoms with Crippen LogP contribution >= 0.6 is 0 Å². The van der Waals surface area contributed by atoms with Gasteiger partial charge in [0.2, 0.25) is 0 Å². The highest BCUT2D eigenvalue weighted by molar-refractivity contribution is 5.77. The van der Waals surface area contributed by atoms with Crippen molar-refractivity contribution in [3.8, 4) is 11.5 Å². The van der Waals surface area contributed by atoms with Crippen molar-refractivity contribution in [3.63, 3.8) is 0 Å². The quantitative estimate of drug-likeness (QED) is 0.612. The number of nitrogens with zero attached hydrogens (tertiary/aromatic N) is 1. The van der Waals surface area contributed by atoms with Crippen LogP contribution in [0.15, 0.2) is 59.6 Å². The molecule has 0 bridgehead atoms. The van der Waals surface area contributed by atoms with Gasteiger partial charge in [0.1, 0.15) is 11.5 Å². The molecule has 0 saturated carbocycles. The van der Waals surface area contributed by atoms with E-state index in [0.29, 0.717) is 11.4 Å². The van der Waals surface area contributed by atoms with E-state index in [-0.39, 0.29) is 11.8 Å². The standard InChI is InChI=1S/C13H12N2O2/c14-13(17-12-4-2-1-3-5-12)15-10-6-8-11(16)9-7-10/h1-9,16H,(H2,14,15). The molecule has 2 aromatic rings. The Hall–Kier alpha value is -2.49. The monoisotopic (exact) mass is 228 g/mol. The molecule has 0 spiro atoms. The maximum absolute atomic E-state index is 9.12. The van der Waals surface area contributed by atoms with Gasteiger partial charge in [-0.15, -0.1) is 0 Å². The Balaban J connectivity index is 2.09.